The van der Waals surface area contributed by atoms with Crippen LogP contribution in [0.15, 0.2) is 41.5 Å². The number of nitrogens with two attached hydrogens (primary N) is 1. The number of aromatic nitrogens is 1. The summed E-state index contributed by atoms with van der Waals surface area (Å²) in [6.07, 6.45) is 4.70. The number of aliphatic imine (C=N–C) groups is 1. The van der Waals surface area contributed by atoms with E-state index in [2.05, 4.69) is 23.8 Å². The van der Waals surface area contributed by atoms with E-state index in [1.165, 1.54) is 48.3 Å². The number of fused-ring (bicyclic) bond motifs is 1. The van der Waals surface area contributed by atoms with Gasteiger partial charge in [0.25, 0.3) is 0 Å². The van der Waals surface area contributed by atoms with Crippen LogP contribution < -0.4 is 5.73 Å². The largest absolute Gasteiger partial charge is 0.379 e. The Bertz CT molecular complexity index is 1230. The highest BCUT2D eigenvalue weighted by Gasteiger charge is 2.48. The average Bonchev–Trinajstić information content (AvgIpc) is 3.69. The van der Waals surface area contributed by atoms with Crippen molar-refractivity contribution in [1.29, 1.82) is 5.26 Å². The van der Waals surface area contributed by atoms with Gasteiger partial charge in [-0.3, -0.25) is 14.8 Å². The number of halogens is 2. The summed E-state index contributed by atoms with van der Waals surface area (Å²) in [6, 6.07) is 9.01. The summed E-state index contributed by atoms with van der Waals surface area (Å²) in [7, 11) is 0. The van der Waals surface area contributed by atoms with Crippen molar-refractivity contribution in [3.8, 4) is 6.07 Å². The predicted octanol–water partition coefficient (Wildman–Crippen LogP) is 4.55. The van der Waals surface area contributed by atoms with E-state index in [0.29, 0.717) is 39.6 Å². The average molecular weight is 526 g/mol. The van der Waals surface area contributed by atoms with E-state index in [4.69, 9.17) is 15.7 Å². The molecule has 194 valence electrons. The quantitative estimate of drug-likeness (QED) is 0.575. The smallest absolute Gasteiger partial charge is 0.209 e. The second-order valence-electron chi connectivity index (χ2n) is 9.54. The molecule has 10 heteroatoms. The number of pyridine rings is 1. The summed E-state index contributed by atoms with van der Waals surface area (Å²) in [4.78, 5) is 20.5. The molecule has 2 fully saturated rings. The van der Waals surface area contributed by atoms with Gasteiger partial charge in [-0.15, -0.1) is 0 Å². The van der Waals surface area contributed by atoms with Crippen LogP contribution in [0, 0.1) is 29.0 Å². The Balaban J connectivity index is 0.000000245. The van der Waals surface area contributed by atoms with E-state index >= 15 is 0 Å². The molecule has 3 aliphatic rings. The lowest BCUT2D eigenvalue weighted by molar-refractivity contribution is -0.127. The van der Waals surface area contributed by atoms with Gasteiger partial charge in [0.2, 0.25) is 6.41 Å². The summed E-state index contributed by atoms with van der Waals surface area (Å²) in [6.45, 7) is 6.40. The van der Waals surface area contributed by atoms with Gasteiger partial charge in [0, 0.05) is 30.1 Å². The van der Waals surface area contributed by atoms with Crippen LogP contribution in [0.1, 0.15) is 48.7 Å². The lowest BCUT2D eigenvalue weighted by Crippen LogP contribution is -2.43. The number of amides is 1. The SMILES string of the molecule is CC(C)C1CN(C=O)CCO1.N#Cc1ccc(/C(F)=C/c2ccc(F)c(C3N=C(N)SC4CC43)c2)nc1. The number of hydrogen-bond donors (Lipinski definition) is 1. The van der Waals surface area contributed by atoms with Crippen molar-refractivity contribution in [2.75, 3.05) is 19.7 Å². The van der Waals surface area contributed by atoms with Gasteiger partial charge in [-0.1, -0.05) is 31.7 Å². The lowest BCUT2D eigenvalue weighted by Gasteiger charge is -2.32. The maximum Gasteiger partial charge on any atom is 0.209 e. The van der Waals surface area contributed by atoms with Gasteiger partial charge in [0.1, 0.15) is 17.7 Å². The highest BCUT2D eigenvalue weighted by Crippen LogP contribution is 2.54. The number of nitriles is 1. The third-order valence-corrected chi connectivity index (χ3v) is 7.70. The zero-order chi connectivity index (χ0) is 26.5. The number of carbonyl (C=O) groups excluding carboxylic acids is 1. The van der Waals surface area contributed by atoms with Gasteiger partial charge < -0.3 is 15.4 Å². The van der Waals surface area contributed by atoms with Crippen molar-refractivity contribution >= 4 is 35.2 Å². The zero-order valence-electron chi connectivity index (χ0n) is 20.7. The first kappa shape index (κ1) is 26.8. The van der Waals surface area contributed by atoms with Crippen LogP contribution in [0.25, 0.3) is 11.9 Å². The minimum absolute atomic E-state index is 0.119. The lowest BCUT2D eigenvalue weighted by atomic mass is 9.99. The summed E-state index contributed by atoms with van der Waals surface area (Å²) in [5, 5.41) is 9.64. The van der Waals surface area contributed by atoms with Crippen molar-refractivity contribution < 1.29 is 18.3 Å². The number of ether oxygens (including phenoxy) is 1. The molecule has 2 N–H and O–H groups in total. The van der Waals surface area contributed by atoms with Crippen molar-refractivity contribution in [3.05, 3.63) is 64.7 Å². The number of morpholine rings is 1. The maximum atomic E-state index is 14.4. The van der Waals surface area contributed by atoms with Crippen molar-refractivity contribution in [3.63, 3.8) is 0 Å². The summed E-state index contributed by atoms with van der Waals surface area (Å²) in [5.74, 6) is -0.138. The first-order valence-electron chi connectivity index (χ1n) is 12.1. The van der Waals surface area contributed by atoms with Gasteiger partial charge >= 0.3 is 0 Å². The Morgan fingerprint density at radius 2 is 2.16 bits per heavy atom. The van der Waals surface area contributed by atoms with Crippen LogP contribution in [0.3, 0.4) is 0 Å². The number of hydrogen-bond acceptors (Lipinski definition) is 7. The van der Waals surface area contributed by atoms with Crippen LogP contribution in [-0.4, -0.2) is 52.5 Å². The second-order valence-corrected chi connectivity index (χ2v) is 10.8. The molecule has 7 nitrogen and oxygen atoms in total. The fourth-order valence-electron chi connectivity index (χ4n) is 4.27. The molecule has 2 aromatic rings. The minimum Gasteiger partial charge on any atom is -0.379 e. The minimum atomic E-state index is -0.557. The molecular weight excluding hydrogens is 496 g/mol. The van der Waals surface area contributed by atoms with Crippen LogP contribution in [0.5, 0.6) is 0 Å². The summed E-state index contributed by atoms with van der Waals surface area (Å²) in [5.41, 5.74) is 7.27. The van der Waals surface area contributed by atoms with Gasteiger partial charge in [-0.2, -0.15) is 5.26 Å². The number of nitrogens with zero attached hydrogens (tertiary/aromatic N) is 4. The van der Waals surface area contributed by atoms with E-state index in [0.717, 1.165) is 25.9 Å². The molecule has 1 amide bonds. The fraction of sp³-hybridized carbons (Fsp3) is 0.407. The van der Waals surface area contributed by atoms with Gasteiger partial charge in [-0.05, 0) is 54.2 Å². The monoisotopic (exact) mass is 525 g/mol. The molecule has 0 radical (unpaired) electrons. The van der Waals surface area contributed by atoms with Crippen LogP contribution >= 0.6 is 11.8 Å². The van der Waals surface area contributed by atoms with Crippen LogP contribution in [0.4, 0.5) is 8.78 Å². The zero-order valence-corrected chi connectivity index (χ0v) is 21.5. The molecule has 2 aliphatic heterocycles. The Hall–Kier alpha value is -3.29. The van der Waals surface area contributed by atoms with E-state index in [1.807, 2.05) is 6.07 Å². The predicted molar refractivity (Wildman–Crippen MR) is 140 cm³/mol. The molecule has 1 aromatic heterocycles. The molecule has 1 aliphatic carbocycles. The van der Waals surface area contributed by atoms with Gasteiger partial charge in [0.15, 0.2) is 5.17 Å². The molecule has 0 spiro atoms. The molecule has 5 rings (SSSR count). The topological polar surface area (TPSA) is 105 Å². The number of benzene rings is 1. The third-order valence-electron chi connectivity index (χ3n) is 6.51. The molecule has 1 saturated heterocycles. The van der Waals surface area contributed by atoms with Gasteiger partial charge in [-0.25, -0.2) is 8.78 Å². The summed E-state index contributed by atoms with van der Waals surface area (Å²) >= 11 is 1.54. The normalized spacial score (nSPS) is 24.8. The van der Waals surface area contributed by atoms with Gasteiger partial charge in [0.05, 0.1) is 30.0 Å². The first-order chi connectivity index (χ1) is 17.8. The van der Waals surface area contributed by atoms with Crippen molar-refractivity contribution in [1.82, 2.24) is 9.88 Å². The molecule has 3 heterocycles. The maximum absolute atomic E-state index is 14.4. The fourth-order valence-corrected chi connectivity index (χ4v) is 5.40. The van der Waals surface area contributed by atoms with E-state index < -0.39 is 5.83 Å². The Morgan fingerprint density at radius 3 is 2.84 bits per heavy atom. The van der Waals surface area contributed by atoms with E-state index in [9.17, 15) is 13.6 Å². The van der Waals surface area contributed by atoms with Crippen LogP contribution in [-0.2, 0) is 9.53 Å². The number of carbonyl (C=O) groups is 1. The Morgan fingerprint density at radius 1 is 1.35 bits per heavy atom. The van der Waals surface area contributed by atoms with E-state index in [1.54, 1.807) is 11.0 Å². The van der Waals surface area contributed by atoms with Crippen molar-refractivity contribution in [2.45, 2.75) is 37.7 Å². The molecular formula is C27H29F2N5O2S. The number of amidine groups is 1. The third kappa shape index (κ3) is 6.73. The van der Waals surface area contributed by atoms with Crippen molar-refractivity contribution in [2.24, 2.45) is 22.6 Å². The Labute approximate surface area is 219 Å². The summed E-state index contributed by atoms with van der Waals surface area (Å²) < 4.78 is 34.3. The Kier molecular flexibility index (Phi) is 8.56. The first-order valence-corrected chi connectivity index (χ1v) is 13.0. The molecule has 37 heavy (non-hydrogen) atoms. The van der Waals surface area contributed by atoms with Crippen LogP contribution in [0.2, 0.25) is 0 Å². The molecule has 1 saturated carbocycles. The highest BCUT2D eigenvalue weighted by molar-refractivity contribution is 8.14. The molecule has 4 unspecified atom stereocenters. The molecule has 1 aromatic carbocycles. The number of rotatable bonds is 5. The number of thioether (sulfide) groups is 1. The standard InChI is InChI=1S/C19H14F2N4S.C8H15NO2/c20-14-3-1-10(6-15(21)16-4-2-11(8-22)9-24-16)5-12(14)18-13-7-17(13)26-19(23)25-18;1-7(2)8-5-9(6-10)3-4-11-8/h1-6,9,13,17-18H,7H2,(H2,23,25);6-8H,3-5H2,1-2H3/b15-6-;. The molecule has 4 atom stereocenters. The highest BCUT2D eigenvalue weighted by atomic mass is 32.2. The molecule has 0 bridgehead atoms. The van der Waals surface area contributed by atoms with E-state index in [-0.39, 0.29) is 29.6 Å². The second kappa shape index (κ2) is 11.8.